The van der Waals surface area contributed by atoms with E-state index in [4.69, 9.17) is 15.0 Å². The number of aryl methyl sites for hydroxylation is 1. The normalized spacial score (nSPS) is 11.8. The minimum absolute atomic E-state index is 0.941. The fourth-order valence-corrected chi connectivity index (χ4v) is 19.4. The van der Waals surface area contributed by atoms with Gasteiger partial charge in [-0.2, -0.15) is 0 Å². The molecule has 23 aromatic carbocycles. The van der Waals surface area contributed by atoms with Crippen molar-refractivity contribution in [2.45, 2.75) is 6.92 Å². The molecular weight excluding hydrogens is 1500 g/mol. The second kappa shape index (κ2) is 29.5. The SMILES string of the molecule is Cc1ccc(-c2nc3ccccc3n2-c2ccc(-c3ccc4ccc5cccc6ccc3c4c56)cc2)cc1.c1ccc(-c2ccc(-c3nc4ccccc4n3-c3ccc(-c4ccc5ccc6cccc7ccc4c5c67)cc3)cc2)cc1.c1ccc(-c2nc3ccccc3n2-c2ccc(-c3ccc(-c4ccc5ccc6cccc7ccc4c5c67)cc3)cc2)cc1. The van der Waals surface area contributed by atoms with Crippen molar-refractivity contribution in [3.63, 3.8) is 0 Å². The molecule has 3 heterocycles. The maximum atomic E-state index is 5.09. The summed E-state index contributed by atoms with van der Waals surface area (Å²) in [7, 11) is 0. The smallest absolute Gasteiger partial charge is 0.145 e. The highest BCUT2D eigenvalue weighted by Gasteiger charge is 2.22. The fourth-order valence-electron chi connectivity index (χ4n) is 19.4. The largest absolute Gasteiger partial charge is 0.292 e. The van der Waals surface area contributed by atoms with Crippen LogP contribution in [0.3, 0.4) is 0 Å². The average molecular weight is 1580 g/mol. The first kappa shape index (κ1) is 71.7. The Bertz CT molecular complexity index is 8490. The number of benzene rings is 23. The van der Waals surface area contributed by atoms with Crippen LogP contribution in [0.4, 0.5) is 0 Å². The van der Waals surface area contributed by atoms with Gasteiger partial charge < -0.3 is 0 Å². The van der Waals surface area contributed by atoms with E-state index >= 15 is 0 Å². The number of imidazole rings is 3. The van der Waals surface area contributed by atoms with E-state index in [1.807, 2.05) is 12.1 Å². The van der Waals surface area contributed by atoms with E-state index in [2.05, 4.69) is 451 Å². The lowest BCUT2D eigenvalue weighted by atomic mass is 9.89. The van der Waals surface area contributed by atoms with Crippen molar-refractivity contribution < 1.29 is 0 Å². The maximum Gasteiger partial charge on any atom is 0.145 e. The number of hydrogen-bond acceptors (Lipinski definition) is 3. The molecule has 0 aliphatic carbocycles. The Balaban J connectivity index is 0.000000105. The minimum atomic E-state index is 0.941. The fraction of sp³-hybridized carbons (Fsp3) is 0.00847. The monoisotopic (exact) mass is 1580 g/mol. The van der Waals surface area contributed by atoms with Gasteiger partial charge in [0.15, 0.2) is 0 Å². The van der Waals surface area contributed by atoms with E-state index in [0.29, 0.717) is 0 Å². The topological polar surface area (TPSA) is 53.5 Å². The number of aromatic nitrogens is 6. The van der Waals surface area contributed by atoms with Crippen LogP contribution >= 0.6 is 0 Å². The van der Waals surface area contributed by atoms with E-state index in [1.165, 1.54) is 158 Å². The number of nitrogens with zero attached hydrogens (tertiary/aromatic N) is 6. The van der Waals surface area contributed by atoms with Gasteiger partial charge >= 0.3 is 0 Å². The predicted octanol–water partition coefficient (Wildman–Crippen LogP) is 31.4. The van der Waals surface area contributed by atoms with Crippen molar-refractivity contribution in [3.8, 4) is 107 Å². The van der Waals surface area contributed by atoms with Crippen LogP contribution in [-0.2, 0) is 0 Å². The van der Waals surface area contributed by atoms with Crippen LogP contribution in [0.5, 0.6) is 0 Å². The van der Waals surface area contributed by atoms with Crippen molar-refractivity contribution in [1.82, 2.24) is 28.7 Å². The molecule has 0 aliphatic heterocycles. The van der Waals surface area contributed by atoms with Crippen LogP contribution in [0.1, 0.15) is 5.56 Å². The maximum absolute atomic E-state index is 5.09. The summed E-state index contributed by atoms with van der Waals surface area (Å²) in [6.07, 6.45) is 0. The van der Waals surface area contributed by atoms with E-state index in [-0.39, 0.29) is 0 Å². The van der Waals surface area contributed by atoms with Gasteiger partial charge in [0.05, 0.1) is 33.1 Å². The zero-order valence-electron chi connectivity index (χ0n) is 67.8. The van der Waals surface area contributed by atoms with Gasteiger partial charge in [-0.25, -0.2) is 15.0 Å². The van der Waals surface area contributed by atoms with Crippen molar-refractivity contribution >= 4 is 130 Å². The molecule has 0 unspecified atom stereocenters. The summed E-state index contributed by atoms with van der Waals surface area (Å²) in [6.45, 7) is 2.12. The molecule has 0 spiro atoms. The number of hydrogen-bond donors (Lipinski definition) is 0. The minimum Gasteiger partial charge on any atom is -0.292 e. The molecule has 0 saturated heterocycles. The Hall–Kier alpha value is -16.4. The zero-order chi connectivity index (χ0) is 81.9. The third-order valence-electron chi connectivity index (χ3n) is 25.4. The molecule has 26 aromatic rings. The summed E-state index contributed by atoms with van der Waals surface area (Å²) in [5.74, 6) is 2.85. The number of rotatable bonds is 11. The molecule has 0 saturated carbocycles. The lowest BCUT2D eigenvalue weighted by molar-refractivity contribution is 1.10. The quantitative estimate of drug-likeness (QED) is 0.121. The second-order valence-electron chi connectivity index (χ2n) is 32.6. The summed E-state index contributed by atoms with van der Waals surface area (Å²) in [4.78, 5) is 15.1. The van der Waals surface area contributed by atoms with Gasteiger partial charge in [-0.05, 0) is 232 Å². The molecule has 124 heavy (non-hydrogen) atoms. The first-order chi connectivity index (χ1) is 61.4. The molecule has 0 aliphatic rings. The van der Waals surface area contributed by atoms with Crippen molar-refractivity contribution in [1.29, 1.82) is 0 Å². The Labute approximate surface area is 716 Å². The van der Waals surface area contributed by atoms with Gasteiger partial charge in [0.2, 0.25) is 0 Å². The Morgan fingerprint density at radius 3 is 0.718 bits per heavy atom. The molecule has 0 fully saturated rings. The van der Waals surface area contributed by atoms with Gasteiger partial charge in [0.1, 0.15) is 17.5 Å². The third-order valence-corrected chi connectivity index (χ3v) is 25.4. The molecule has 0 N–H and O–H groups in total. The average Bonchev–Trinajstić information content (AvgIpc) is 1.65. The summed E-state index contributed by atoms with van der Waals surface area (Å²) < 4.78 is 6.81. The Kier molecular flexibility index (Phi) is 17.1. The first-order valence-electron chi connectivity index (χ1n) is 42.5. The first-order valence-corrected chi connectivity index (χ1v) is 42.5. The summed E-state index contributed by atoms with van der Waals surface area (Å²) in [5, 5.41) is 23.7. The highest BCUT2D eigenvalue weighted by molar-refractivity contribution is 6.28. The van der Waals surface area contributed by atoms with Crippen LogP contribution in [-0.4, -0.2) is 28.7 Å². The van der Waals surface area contributed by atoms with E-state index in [1.54, 1.807) is 0 Å². The molecule has 0 amide bonds. The summed E-state index contributed by atoms with van der Waals surface area (Å²) in [6, 6.07) is 159. The molecule has 6 heteroatoms. The summed E-state index contributed by atoms with van der Waals surface area (Å²) >= 11 is 0. The number of fused-ring (bicyclic) bond motifs is 3. The van der Waals surface area contributed by atoms with E-state index < -0.39 is 0 Å². The van der Waals surface area contributed by atoms with E-state index in [9.17, 15) is 0 Å². The standard InChI is InChI=1S/2C41H26N2.C36H24N2/c1-2-7-27(8-3-1)28-13-17-33(18-14-28)41-42-37-11-4-5-12-38(37)43(41)34-23-19-29(20-24-34)35-25-21-32-16-15-30-9-6-10-31-22-26-36(35)40(32)39(30)31;1-2-7-33(8-3-1)41-42-37-11-4-5-12-38(37)43(41)34-23-19-28(20-24-34)27-13-15-29(16-14-27)35-25-21-32-18-17-30-9-6-10-31-22-26-36(35)40(32)39(30)31;1-23-9-11-28(12-10-23)36-37-32-7-2-3-8-33(32)38(36)29-19-15-24(16-20-29)30-21-17-27-14-13-25-5-4-6-26-18-22-31(30)35(27)34(25)26/h2*1-26H;2-22H,1H3. The molecule has 6 nitrogen and oxygen atoms in total. The second-order valence-corrected chi connectivity index (χ2v) is 32.6. The highest BCUT2D eigenvalue weighted by Crippen LogP contribution is 2.45. The van der Waals surface area contributed by atoms with Gasteiger partial charge in [-0.1, -0.05) is 376 Å². The van der Waals surface area contributed by atoms with Crippen LogP contribution in [0, 0.1) is 6.92 Å². The van der Waals surface area contributed by atoms with Crippen LogP contribution < -0.4 is 0 Å². The lowest BCUT2D eigenvalue weighted by Crippen LogP contribution is -1.97. The van der Waals surface area contributed by atoms with Crippen LogP contribution in [0.15, 0.2) is 443 Å². The van der Waals surface area contributed by atoms with Crippen molar-refractivity contribution in [2.24, 2.45) is 0 Å². The highest BCUT2D eigenvalue weighted by atomic mass is 15.1. The van der Waals surface area contributed by atoms with Gasteiger partial charge in [0, 0.05) is 33.8 Å². The Morgan fingerprint density at radius 1 is 0.161 bits per heavy atom. The Morgan fingerprint density at radius 2 is 0.387 bits per heavy atom. The molecule has 578 valence electrons. The van der Waals surface area contributed by atoms with Gasteiger partial charge in [0.25, 0.3) is 0 Å². The van der Waals surface area contributed by atoms with Crippen molar-refractivity contribution in [3.05, 3.63) is 448 Å². The summed E-state index contributed by atoms with van der Waals surface area (Å²) in [5.41, 5.74) is 26.4. The molecule has 26 rings (SSSR count). The van der Waals surface area contributed by atoms with Gasteiger partial charge in [-0.15, -0.1) is 0 Å². The molecule has 0 atom stereocenters. The molecule has 0 radical (unpaired) electrons. The molecular formula is C118H76N6. The predicted molar refractivity (Wildman–Crippen MR) is 523 cm³/mol. The van der Waals surface area contributed by atoms with Crippen LogP contribution in [0.25, 0.3) is 237 Å². The molecule has 0 bridgehead atoms. The lowest BCUT2D eigenvalue weighted by Gasteiger charge is -2.15. The van der Waals surface area contributed by atoms with Gasteiger partial charge in [-0.3, -0.25) is 13.7 Å². The van der Waals surface area contributed by atoms with Crippen molar-refractivity contribution in [2.75, 3.05) is 0 Å². The molecule has 3 aromatic heterocycles. The van der Waals surface area contributed by atoms with Crippen LogP contribution in [0.2, 0.25) is 0 Å². The van der Waals surface area contributed by atoms with E-state index in [0.717, 1.165) is 84.3 Å². The zero-order valence-corrected chi connectivity index (χ0v) is 67.8. The third kappa shape index (κ3) is 12.2. The number of para-hydroxylation sites is 6.